The lowest BCUT2D eigenvalue weighted by Gasteiger charge is -2.37. The van der Waals surface area contributed by atoms with Crippen LogP contribution in [0.25, 0.3) is 0 Å². The molecule has 100 valence electrons. The zero-order chi connectivity index (χ0) is 13.2. The Labute approximate surface area is 111 Å². The second-order valence-corrected chi connectivity index (χ2v) is 7.48. The van der Waals surface area contributed by atoms with E-state index in [9.17, 15) is 13.2 Å². The van der Waals surface area contributed by atoms with E-state index in [0.29, 0.717) is 24.5 Å². The molecule has 2 heterocycles. The van der Waals surface area contributed by atoms with E-state index in [1.54, 1.807) is 13.0 Å². The van der Waals surface area contributed by atoms with Gasteiger partial charge in [0.15, 0.2) is 0 Å². The van der Waals surface area contributed by atoms with Crippen LogP contribution in [0.4, 0.5) is 0 Å². The summed E-state index contributed by atoms with van der Waals surface area (Å²) in [6.45, 7) is 3.20. The lowest BCUT2D eigenvalue weighted by Crippen LogP contribution is -2.54. The molecule has 18 heavy (non-hydrogen) atoms. The van der Waals surface area contributed by atoms with Gasteiger partial charge in [0.2, 0.25) is 10.0 Å². The molecule has 1 aromatic heterocycles. The standard InChI is InChI=1S/C11H16N2O3S2/c1-2-18(15,16)13-7-9(8-13)6-12-11(14)10-4-3-5-17-10/h3-5,9H,2,6-8H2,1H3,(H,12,14). The third kappa shape index (κ3) is 2.90. The number of nitrogens with zero attached hydrogens (tertiary/aromatic N) is 1. The number of carbonyl (C=O) groups is 1. The molecule has 5 nitrogen and oxygen atoms in total. The first-order valence-corrected chi connectivity index (χ1v) is 8.31. The van der Waals surface area contributed by atoms with E-state index in [1.165, 1.54) is 15.6 Å². The zero-order valence-electron chi connectivity index (χ0n) is 10.1. The first-order valence-electron chi connectivity index (χ1n) is 5.82. The van der Waals surface area contributed by atoms with Crippen LogP contribution in [-0.2, 0) is 10.0 Å². The highest BCUT2D eigenvalue weighted by Crippen LogP contribution is 2.19. The summed E-state index contributed by atoms with van der Waals surface area (Å²) < 4.78 is 24.5. The monoisotopic (exact) mass is 288 g/mol. The number of hydrogen-bond donors (Lipinski definition) is 1. The molecule has 1 fully saturated rings. The van der Waals surface area contributed by atoms with Crippen molar-refractivity contribution in [3.05, 3.63) is 22.4 Å². The smallest absolute Gasteiger partial charge is 0.261 e. The molecular formula is C11H16N2O3S2. The minimum atomic E-state index is -3.05. The SMILES string of the molecule is CCS(=O)(=O)N1CC(CNC(=O)c2cccs2)C1. The van der Waals surface area contributed by atoms with Crippen LogP contribution in [0, 0.1) is 5.92 Å². The Morgan fingerprint density at radius 1 is 1.56 bits per heavy atom. The number of rotatable bonds is 5. The maximum absolute atomic E-state index is 11.7. The molecule has 1 N–H and O–H groups in total. The molecule has 1 aliphatic rings. The van der Waals surface area contributed by atoms with Crippen molar-refractivity contribution < 1.29 is 13.2 Å². The summed E-state index contributed by atoms with van der Waals surface area (Å²) in [6, 6.07) is 3.60. The van der Waals surface area contributed by atoms with Gasteiger partial charge in [0.25, 0.3) is 5.91 Å². The van der Waals surface area contributed by atoms with Crippen LogP contribution in [0.2, 0.25) is 0 Å². The van der Waals surface area contributed by atoms with E-state index in [0.717, 1.165) is 0 Å². The second-order valence-electron chi connectivity index (χ2n) is 4.27. The van der Waals surface area contributed by atoms with E-state index in [-0.39, 0.29) is 17.6 Å². The first kappa shape index (κ1) is 13.5. The lowest BCUT2D eigenvalue weighted by atomic mass is 10.0. The minimum absolute atomic E-state index is 0.0817. The van der Waals surface area contributed by atoms with Crippen LogP contribution in [0.1, 0.15) is 16.6 Å². The van der Waals surface area contributed by atoms with Gasteiger partial charge in [-0.1, -0.05) is 6.07 Å². The second kappa shape index (κ2) is 5.38. The number of carbonyl (C=O) groups excluding carboxylic acids is 1. The van der Waals surface area contributed by atoms with E-state index < -0.39 is 10.0 Å². The molecule has 0 aliphatic carbocycles. The topological polar surface area (TPSA) is 66.5 Å². The third-order valence-corrected chi connectivity index (χ3v) is 5.66. The molecule has 0 aromatic carbocycles. The minimum Gasteiger partial charge on any atom is -0.351 e. The van der Waals surface area contributed by atoms with E-state index >= 15 is 0 Å². The number of nitrogens with one attached hydrogen (secondary N) is 1. The van der Waals surface area contributed by atoms with Gasteiger partial charge in [0.05, 0.1) is 10.6 Å². The molecule has 1 saturated heterocycles. The van der Waals surface area contributed by atoms with Gasteiger partial charge in [-0.15, -0.1) is 11.3 Å². The average molecular weight is 288 g/mol. The van der Waals surface area contributed by atoms with Crippen molar-refractivity contribution in [3.63, 3.8) is 0 Å². The van der Waals surface area contributed by atoms with Crippen molar-refractivity contribution in [3.8, 4) is 0 Å². The van der Waals surface area contributed by atoms with Crippen molar-refractivity contribution in [2.45, 2.75) is 6.92 Å². The van der Waals surface area contributed by atoms with Crippen LogP contribution >= 0.6 is 11.3 Å². The quantitative estimate of drug-likeness (QED) is 0.870. The summed E-state index contributed by atoms with van der Waals surface area (Å²) in [4.78, 5) is 12.3. The third-order valence-electron chi connectivity index (χ3n) is 2.98. The molecular weight excluding hydrogens is 272 g/mol. The Morgan fingerprint density at radius 2 is 2.28 bits per heavy atom. The molecule has 0 bridgehead atoms. The Morgan fingerprint density at radius 3 is 2.83 bits per heavy atom. The van der Waals surface area contributed by atoms with Gasteiger partial charge < -0.3 is 5.32 Å². The Balaban J connectivity index is 1.74. The zero-order valence-corrected chi connectivity index (χ0v) is 11.8. The number of hydrogen-bond acceptors (Lipinski definition) is 4. The average Bonchev–Trinajstić information content (AvgIpc) is 2.79. The molecule has 0 unspecified atom stereocenters. The molecule has 0 saturated carbocycles. The van der Waals surface area contributed by atoms with Gasteiger partial charge in [-0.25, -0.2) is 12.7 Å². The summed E-state index contributed by atoms with van der Waals surface area (Å²) in [5.41, 5.74) is 0. The molecule has 1 amide bonds. The van der Waals surface area contributed by atoms with Crippen LogP contribution < -0.4 is 5.32 Å². The molecule has 0 atom stereocenters. The molecule has 1 aromatic rings. The van der Waals surface area contributed by atoms with Gasteiger partial charge in [0.1, 0.15) is 0 Å². The fraction of sp³-hybridized carbons (Fsp3) is 0.545. The summed E-state index contributed by atoms with van der Waals surface area (Å²) in [6.07, 6.45) is 0. The predicted molar refractivity (Wildman–Crippen MR) is 71.2 cm³/mol. The lowest BCUT2D eigenvalue weighted by molar-refractivity contribution is 0.0933. The van der Waals surface area contributed by atoms with Gasteiger partial charge in [-0.2, -0.15) is 0 Å². The number of sulfonamides is 1. The van der Waals surface area contributed by atoms with Crippen LogP contribution in [0.15, 0.2) is 17.5 Å². The Kier molecular flexibility index (Phi) is 4.04. The summed E-state index contributed by atoms with van der Waals surface area (Å²) in [5.74, 6) is 0.290. The van der Waals surface area contributed by atoms with E-state index in [4.69, 9.17) is 0 Å². The number of thiophene rings is 1. The normalized spacial score (nSPS) is 17.4. The largest absolute Gasteiger partial charge is 0.351 e. The molecule has 0 radical (unpaired) electrons. The summed E-state index contributed by atoms with van der Waals surface area (Å²) >= 11 is 1.40. The van der Waals surface area contributed by atoms with Gasteiger partial charge in [0, 0.05) is 25.6 Å². The molecule has 7 heteroatoms. The van der Waals surface area contributed by atoms with Crippen molar-refractivity contribution in [2.24, 2.45) is 5.92 Å². The highest BCUT2D eigenvalue weighted by atomic mass is 32.2. The van der Waals surface area contributed by atoms with Crippen LogP contribution in [0.5, 0.6) is 0 Å². The molecule has 1 aliphatic heterocycles. The fourth-order valence-electron chi connectivity index (χ4n) is 1.79. The molecule has 2 rings (SSSR count). The molecule has 0 spiro atoms. The Bertz CT molecular complexity index is 504. The van der Waals surface area contributed by atoms with Crippen LogP contribution in [-0.4, -0.2) is 44.0 Å². The highest BCUT2D eigenvalue weighted by molar-refractivity contribution is 7.89. The summed E-state index contributed by atoms with van der Waals surface area (Å²) in [5, 5.41) is 4.68. The first-order chi connectivity index (χ1) is 8.53. The maximum Gasteiger partial charge on any atom is 0.261 e. The fourth-order valence-corrected chi connectivity index (χ4v) is 3.67. The predicted octanol–water partition coefficient (Wildman–Crippen LogP) is 0.759. The van der Waals surface area contributed by atoms with Crippen LogP contribution in [0.3, 0.4) is 0 Å². The van der Waals surface area contributed by atoms with Gasteiger partial charge in [-0.05, 0) is 18.4 Å². The van der Waals surface area contributed by atoms with Crippen molar-refractivity contribution in [1.29, 1.82) is 0 Å². The maximum atomic E-state index is 11.7. The van der Waals surface area contributed by atoms with E-state index in [2.05, 4.69) is 5.32 Å². The number of amides is 1. The van der Waals surface area contributed by atoms with Crippen molar-refractivity contribution in [1.82, 2.24) is 9.62 Å². The summed E-state index contributed by atoms with van der Waals surface area (Å²) in [7, 11) is -3.05. The van der Waals surface area contributed by atoms with Gasteiger partial charge >= 0.3 is 0 Å². The van der Waals surface area contributed by atoms with Crippen molar-refractivity contribution >= 4 is 27.3 Å². The van der Waals surface area contributed by atoms with Gasteiger partial charge in [-0.3, -0.25) is 4.79 Å². The Hall–Kier alpha value is -0.920. The highest BCUT2D eigenvalue weighted by Gasteiger charge is 2.34. The van der Waals surface area contributed by atoms with E-state index in [1.807, 2.05) is 11.4 Å². The van der Waals surface area contributed by atoms with Crippen molar-refractivity contribution in [2.75, 3.05) is 25.4 Å².